The highest BCUT2D eigenvalue weighted by Gasteiger charge is 2.19. The molecular formula is C13H20N2O3S. The van der Waals surface area contributed by atoms with Crippen LogP contribution in [0.1, 0.15) is 24.8 Å². The lowest BCUT2D eigenvalue weighted by Gasteiger charge is -2.13. The highest BCUT2D eigenvalue weighted by Crippen LogP contribution is 2.11. The highest BCUT2D eigenvalue weighted by atomic mass is 32.2. The maximum atomic E-state index is 12.1. The van der Waals surface area contributed by atoms with Gasteiger partial charge in [-0.15, -0.1) is 0 Å². The monoisotopic (exact) mass is 284 g/mol. The molecule has 5 nitrogen and oxygen atoms in total. The maximum Gasteiger partial charge on any atom is 0.241 e. The minimum absolute atomic E-state index is 0.170. The number of benzene rings is 1. The van der Waals surface area contributed by atoms with Crippen molar-refractivity contribution < 1.29 is 13.2 Å². The van der Waals surface area contributed by atoms with Gasteiger partial charge in [0.25, 0.3) is 0 Å². The van der Waals surface area contributed by atoms with Crippen LogP contribution in [-0.4, -0.2) is 27.3 Å². The zero-order valence-electron chi connectivity index (χ0n) is 11.0. The number of unbranched alkanes of at least 4 members (excludes halogenated alkanes) is 1. The fourth-order valence-electron chi connectivity index (χ4n) is 1.65. The topological polar surface area (TPSA) is 89.3 Å². The fourth-order valence-corrected chi connectivity index (χ4v) is 2.85. The number of hydrogen-bond donors (Lipinski definition) is 2. The van der Waals surface area contributed by atoms with Crippen molar-refractivity contribution in [3.63, 3.8) is 0 Å². The molecule has 6 heteroatoms. The van der Waals surface area contributed by atoms with E-state index in [4.69, 9.17) is 5.73 Å². The number of carbonyl (C=O) groups is 1. The summed E-state index contributed by atoms with van der Waals surface area (Å²) in [5.74, 6) is 0. The van der Waals surface area contributed by atoms with Crippen LogP contribution in [0, 0.1) is 6.92 Å². The van der Waals surface area contributed by atoms with Gasteiger partial charge >= 0.3 is 0 Å². The first-order chi connectivity index (χ1) is 8.99. The SMILES string of the molecule is Cc1ccc(S(=O)(=O)N[C@H](C=O)CCCCN)cc1. The van der Waals surface area contributed by atoms with E-state index in [1.807, 2.05) is 6.92 Å². The molecule has 0 radical (unpaired) electrons. The molecule has 0 aliphatic heterocycles. The first-order valence-electron chi connectivity index (χ1n) is 6.24. The van der Waals surface area contributed by atoms with Gasteiger partial charge in [-0.2, -0.15) is 0 Å². The molecule has 1 rings (SSSR count). The van der Waals surface area contributed by atoms with E-state index in [2.05, 4.69) is 4.72 Å². The van der Waals surface area contributed by atoms with Gasteiger partial charge in [-0.25, -0.2) is 13.1 Å². The Balaban J connectivity index is 2.71. The van der Waals surface area contributed by atoms with Crippen molar-refractivity contribution in [3.05, 3.63) is 29.8 Å². The number of nitrogens with one attached hydrogen (secondary N) is 1. The number of aldehydes is 1. The van der Waals surface area contributed by atoms with E-state index in [1.54, 1.807) is 12.1 Å². The molecule has 0 fully saturated rings. The molecule has 0 aliphatic rings. The smallest absolute Gasteiger partial charge is 0.241 e. The molecule has 0 amide bonds. The quantitative estimate of drug-likeness (QED) is 0.550. The predicted molar refractivity (Wildman–Crippen MR) is 74.3 cm³/mol. The van der Waals surface area contributed by atoms with Crippen LogP contribution in [0.25, 0.3) is 0 Å². The van der Waals surface area contributed by atoms with Crippen LogP contribution in [0.2, 0.25) is 0 Å². The molecule has 0 bridgehead atoms. The Morgan fingerprint density at radius 2 is 1.89 bits per heavy atom. The molecule has 1 aromatic carbocycles. The number of sulfonamides is 1. The average molecular weight is 284 g/mol. The largest absolute Gasteiger partial charge is 0.330 e. The molecule has 0 heterocycles. The Morgan fingerprint density at radius 1 is 1.26 bits per heavy atom. The van der Waals surface area contributed by atoms with E-state index in [9.17, 15) is 13.2 Å². The molecule has 0 spiro atoms. The Morgan fingerprint density at radius 3 is 2.42 bits per heavy atom. The molecular weight excluding hydrogens is 264 g/mol. The average Bonchev–Trinajstić information content (AvgIpc) is 2.38. The third kappa shape index (κ3) is 5.10. The van der Waals surface area contributed by atoms with Crippen molar-refractivity contribution in [3.8, 4) is 0 Å². The number of aryl methyl sites for hydroxylation is 1. The molecule has 1 atom stereocenters. The van der Waals surface area contributed by atoms with Crippen molar-refractivity contribution in [2.45, 2.75) is 37.1 Å². The lowest BCUT2D eigenvalue weighted by Crippen LogP contribution is -2.36. The van der Waals surface area contributed by atoms with Crippen LogP contribution in [0.3, 0.4) is 0 Å². The summed E-state index contributed by atoms with van der Waals surface area (Å²) in [6.45, 7) is 2.42. The van der Waals surface area contributed by atoms with Gasteiger partial charge in [-0.3, -0.25) is 0 Å². The molecule has 0 saturated heterocycles. The van der Waals surface area contributed by atoms with E-state index in [0.29, 0.717) is 19.3 Å². The van der Waals surface area contributed by atoms with Crippen molar-refractivity contribution in [1.29, 1.82) is 0 Å². The normalized spacial score (nSPS) is 13.2. The summed E-state index contributed by atoms with van der Waals surface area (Å²) < 4.78 is 26.5. The summed E-state index contributed by atoms with van der Waals surface area (Å²) in [5, 5.41) is 0. The molecule has 0 aliphatic carbocycles. The molecule has 0 saturated carbocycles. The number of carbonyl (C=O) groups excluding carboxylic acids is 1. The molecule has 1 aromatic rings. The van der Waals surface area contributed by atoms with E-state index in [-0.39, 0.29) is 4.90 Å². The molecule has 3 N–H and O–H groups in total. The van der Waals surface area contributed by atoms with Crippen LogP contribution in [0.5, 0.6) is 0 Å². The summed E-state index contributed by atoms with van der Waals surface area (Å²) in [6, 6.07) is 5.80. The Labute approximate surface area is 114 Å². The highest BCUT2D eigenvalue weighted by molar-refractivity contribution is 7.89. The zero-order chi connectivity index (χ0) is 14.3. The minimum atomic E-state index is -3.64. The van der Waals surface area contributed by atoms with E-state index >= 15 is 0 Å². The van der Waals surface area contributed by atoms with Gasteiger partial charge in [0.15, 0.2) is 0 Å². The molecule has 0 aromatic heterocycles. The second-order valence-corrected chi connectivity index (χ2v) is 6.18. The summed E-state index contributed by atoms with van der Waals surface area (Å²) in [6.07, 6.45) is 2.58. The predicted octanol–water partition coefficient (Wildman–Crippen LogP) is 0.970. The molecule has 106 valence electrons. The van der Waals surface area contributed by atoms with Crippen LogP contribution < -0.4 is 10.5 Å². The summed E-state index contributed by atoms with van der Waals surface area (Å²) in [7, 11) is -3.64. The lowest BCUT2D eigenvalue weighted by molar-refractivity contribution is -0.109. The van der Waals surface area contributed by atoms with E-state index in [1.165, 1.54) is 12.1 Å². The third-order valence-corrected chi connectivity index (χ3v) is 4.28. The van der Waals surface area contributed by atoms with Gasteiger partial charge in [0.1, 0.15) is 6.29 Å². The lowest BCUT2D eigenvalue weighted by atomic mass is 10.1. The summed E-state index contributed by atoms with van der Waals surface area (Å²) >= 11 is 0. The zero-order valence-corrected chi connectivity index (χ0v) is 11.8. The Bertz CT molecular complexity index is 497. The molecule has 19 heavy (non-hydrogen) atoms. The maximum absolute atomic E-state index is 12.1. The van der Waals surface area contributed by atoms with Gasteiger partial charge in [-0.1, -0.05) is 24.1 Å². The van der Waals surface area contributed by atoms with E-state index < -0.39 is 16.1 Å². The van der Waals surface area contributed by atoms with Crippen LogP contribution in [0.4, 0.5) is 0 Å². The third-order valence-electron chi connectivity index (χ3n) is 2.77. The Kier molecular flexibility index (Phi) is 6.14. The van der Waals surface area contributed by atoms with E-state index in [0.717, 1.165) is 18.4 Å². The summed E-state index contributed by atoms with van der Waals surface area (Å²) in [4.78, 5) is 11.1. The van der Waals surface area contributed by atoms with Gasteiger partial charge in [0.2, 0.25) is 10.0 Å². The standard InChI is InChI=1S/C13H20N2O3S/c1-11-5-7-13(8-6-11)19(17,18)15-12(10-16)4-2-3-9-14/h5-8,10,12,15H,2-4,9,14H2,1H3/t12-/m0/s1. The second kappa shape index (κ2) is 7.37. The first-order valence-corrected chi connectivity index (χ1v) is 7.72. The van der Waals surface area contributed by atoms with Gasteiger partial charge in [0, 0.05) is 0 Å². The van der Waals surface area contributed by atoms with Gasteiger partial charge in [0.05, 0.1) is 10.9 Å². The first kappa shape index (κ1) is 15.8. The van der Waals surface area contributed by atoms with Gasteiger partial charge < -0.3 is 10.5 Å². The van der Waals surface area contributed by atoms with Crippen molar-refractivity contribution in [2.24, 2.45) is 5.73 Å². The fraction of sp³-hybridized carbons (Fsp3) is 0.462. The van der Waals surface area contributed by atoms with Crippen molar-refractivity contribution in [2.75, 3.05) is 6.54 Å². The number of hydrogen-bond acceptors (Lipinski definition) is 4. The molecule has 0 unspecified atom stereocenters. The second-order valence-electron chi connectivity index (χ2n) is 4.46. The van der Waals surface area contributed by atoms with Crippen LogP contribution >= 0.6 is 0 Å². The summed E-state index contributed by atoms with van der Waals surface area (Å²) in [5.41, 5.74) is 6.34. The Hall–Kier alpha value is -1.24. The van der Waals surface area contributed by atoms with Crippen molar-refractivity contribution in [1.82, 2.24) is 4.72 Å². The van der Waals surface area contributed by atoms with Crippen LogP contribution in [0.15, 0.2) is 29.2 Å². The van der Waals surface area contributed by atoms with Crippen LogP contribution in [-0.2, 0) is 14.8 Å². The number of rotatable bonds is 8. The number of nitrogens with two attached hydrogens (primary N) is 1. The van der Waals surface area contributed by atoms with Crippen molar-refractivity contribution >= 4 is 16.3 Å². The minimum Gasteiger partial charge on any atom is -0.330 e. The van der Waals surface area contributed by atoms with Gasteiger partial charge in [-0.05, 0) is 38.4 Å².